The molecule has 0 bridgehead atoms. The first-order valence-corrected chi connectivity index (χ1v) is 15.3. The minimum Gasteiger partial charge on any atom is -0.491 e. The molecule has 1 aliphatic heterocycles. The van der Waals surface area contributed by atoms with Crippen molar-refractivity contribution in [2.45, 2.75) is 77.4 Å². The van der Waals surface area contributed by atoms with Gasteiger partial charge in [0, 0.05) is 19.5 Å². The summed E-state index contributed by atoms with van der Waals surface area (Å²) in [6.07, 6.45) is 2.45. The van der Waals surface area contributed by atoms with Crippen molar-refractivity contribution in [3.8, 4) is 5.75 Å². The van der Waals surface area contributed by atoms with Crippen LogP contribution in [0.5, 0.6) is 5.75 Å². The normalized spacial score (nSPS) is 21.0. The van der Waals surface area contributed by atoms with Crippen LogP contribution in [-0.4, -0.2) is 67.4 Å². The molecule has 2 aromatic rings. The molecule has 238 valence electrons. The van der Waals surface area contributed by atoms with Crippen molar-refractivity contribution in [3.63, 3.8) is 0 Å². The fraction of sp³-hybridized carbons (Fsp3) is 0.485. The van der Waals surface area contributed by atoms with Crippen LogP contribution < -0.4 is 31.3 Å². The van der Waals surface area contributed by atoms with Crippen molar-refractivity contribution in [2.24, 2.45) is 5.92 Å². The van der Waals surface area contributed by atoms with Gasteiger partial charge in [0.2, 0.25) is 23.6 Å². The topological polar surface area (TPSA) is 155 Å². The predicted octanol–water partition coefficient (Wildman–Crippen LogP) is 2.25. The van der Waals surface area contributed by atoms with Crippen molar-refractivity contribution in [2.75, 3.05) is 19.7 Å². The number of hydrogen-bond donors (Lipinski definition) is 5. The Labute approximate surface area is 259 Å². The van der Waals surface area contributed by atoms with Crippen LogP contribution >= 0.6 is 0 Å². The zero-order valence-corrected chi connectivity index (χ0v) is 25.8. The number of fused-ring (bicyclic) bond motifs is 1. The molecular weight excluding hydrogens is 562 g/mol. The summed E-state index contributed by atoms with van der Waals surface area (Å²) in [6.45, 7) is 6.21. The lowest BCUT2D eigenvalue weighted by molar-refractivity contribution is -0.130. The summed E-state index contributed by atoms with van der Waals surface area (Å²) < 4.78 is 5.91. The average Bonchev–Trinajstić information content (AvgIpc) is 3.00. The van der Waals surface area contributed by atoms with Crippen LogP contribution in [0.3, 0.4) is 0 Å². The SMILES string of the molecule is CC(C)[C@H]1NC(=O)CCCCNC(=O)C[C@@H](C(=O)NCCCc2ccccc2)NC(=O)c2ccccc2OC[C@H](C)NC1=O. The predicted molar refractivity (Wildman–Crippen MR) is 167 cm³/mol. The summed E-state index contributed by atoms with van der Waals surface area (Å²) in [5.74, 6) is -1.87. The molecule has 11 heteroatoms. The van der Waals surface area contributed by atoms with Gasteiger partial charge in [-0.1, -0.05) is 56.3 Å². The molecule has 5 amide bonds. The van der Waals surface area contributed by atoms with Gasteiger partial charge < -0.3 is 31.3 Å². The van der Waals surface area contributed by atoms with Crippen LogP contribution in [0, 0.1) is 5.92 Å². The number of para-hydroxylation sites is 1. The highest BCUT2D eigenvalue weighted by molar-refractivity contribution is 6.00. The number of rotatable bonds is 6. The fourth-order valence-electron chi connectivity index (χ4n) is 4.76. The standard InChI is InChI=1S/C33H45N5O6/c1-22(2)30-33(43)36-23(3)21-44-27-16-8-7-15-25(27)31(41)37-26(20-29(40)34-18-10-9-17-28(39)38-30)32(42)35-19-11-14-24-12-5-4-6-13-24/h4-8,12-13,15-16,22-23,26,30H,9-11,14,17-21H2,1-3H3,(H,34,40)(H,35,42)(H,36,43)(H,37,41)(H,38,39)/t23-,26-,30+/m0/s1. The number of hydrogen-bond acceptors (Lipinski definition) is 6. The maximum Gasteiger partial charge on any atom is 0.255 e. The van der Waals surface area contributed by atoms with Gasteiger partial charge in [-0.05, 0) is 56.2 Å². The Kier molecular flexibility index (Phi) is 13.7. The van der Waals surface area contributed by atoms with Gasteiger partial charge in [-0.2, -0.15) is 0 Å². The summed E-state index contributed by atoms with van der Waals surface area (Å²) >= 11 is 0. The summed E-state index contributed by atoms with van der Waals surface area (Å²) in [6, 6.07) is 14.2. The molecule has 2 aromatic carbocycles. The largest absolute Gasteiger partial charge is 0.491 e. The van der Waals surface area contributed by atoms with Gasteiger partial charge in [0.25, 0.3) is 5.91 Å². The summed E-state index contributed by atoms with van der Waals surface area (Å²) in [5, 5.41) is 14.0. The quantitative estimate of drug-likeness (QED) is 0.318. The van der Waals surface area contributed by atoms with E-state index >= 15 is 0 Å². The molecule has 0 saturated heterocycles. The van der Waals surface area contributed by atoms with Crippen LogP contribution in [0.2, 0.25) is 0 Å². The third kappa shape index (κ3) is 11.3. The Morgan fingerprint density at radius 1 is 0.932 bits per heavy atom. The summed E-state index contributed by atoms with van der Waals surface area (Å²) in [5.41, 5.74) is 1.34. The molecule has 11 nitrogen and oxygen atoms in total. The van der Waals surface area contributed by atoms with Crippen molar-refractivity contribution in [1.82, 2.24) is 26.6 Å². The molecule has 0 aromatic heterocycles. The highest BCUT2D eigenvalue weighted by Crippen LogP contribution is 2.19. The molecule has 1 heterocycles. The van der Waals surface area contributed by atoms with Gasteiger partial charge in [0.15, 0.2) is 0 Å². The van der Waals surface area contributed by atoms with Gasteiger partial charge in [0.1, 0.15) is 24.4 Å². The third-order valence-corrected chi connectivity index (χ3v) is 7.22. The van der Waals surface area contributed by atoms with Gasteiger partial charge in [-0.15, -0.1) is 0 Å². The average molecular weight is 608 g/mol. The molecule has 0 spiro atoms. The van der Waals surface area contributed by atoms with Gasteiger partial charge in [0.05, 0.1) is 18.0 Å². The number of aryl methyl sites for hydroxylation is 1. The second-order valence-corrected chi connectivity index (χ2v) is 11.4. The van der Waals surface area contributed by atoms with Crippen LogP contribution in [-0.2, 0) is 25.6 Å². The highest BCUT2D eigenvalue weighted by atomic mass is 16.5. The second-order valence-electron chi connectivity index (χ2n) is 11.4. The van der Waals surface area contributed by atoms with Crippen molar-refractivity contribution in [1.29, 1.82) is 0 Å². The van der Waals surface area contributed by atoms with E-state index in [-0.39, 0.29) is 48.5 Å². The van der Waals surface area contributed by atoms with Crippen LogP contribution in [0.1, 0.15) is 68.8 Å². The molecular formula is C33H45N5O6. The second kappa shape index (κ2) is 17.6. The minimum absolute atomic E-state index is 0.0581. The molecule has 0 saturated carbocycles. The van der Waals surface area contributed by atoms with E-state index in [0.29, 0.717) is 32.4 Å². The first kappa shape index (κ1) is 34.1. The van der Waals surface area contributed by atoms with Crippen LogP contribution in [0.15, 0.2) is 54.6 Å². The third-order valence-electron chi connectivity index (χ3n) is 7.22. The van der Waals surface area contributed by atoms with E-state index in [2.05, 4.69) is 26.6 Å². The Hall–Kier alpha value is -4.41. The molecule has 3 rings (SSSR count). The van der Waals surface area contributed by atoms with Crippen LogP contribution in [0.4, 0.5) is 0 Å². The number of carbonyl (C=O) groups excluding carboxylic acids is 5. The molecule has 3 atom stereocenters. The lowest BCUT2D eigenvalue weighted by Gasteiger charge is -2.24. The first-order valence-electron chi connectivity index (χ1n) is 15.3. The lowest BCUT2D eigenvalue weighted by Crippen LogP contribution is -2.52. The van der Waals surface area contributed by atoms with E-state index in [1.54, 1.807) is 31.2 Å². The molecule has 0 radical (unpaired) electrons. The van der Waals surface area contributed by atoms with Gasteiger partial charge in [-0.25, -0.2) is 0 Å². The Balaban J connectivity index is 1.73. The first-order chi connectivity index (χ1) is 21.1. The molecule has 5 N–H and O–H groups in total. The van der Waals surface area contributed by atoms with E-state index in [9.17, 15) is 24.0 Å². The maximum absolute atomic E-state index is 13.4. The van der Waals surface area contributed by atoms with Crippen LogP contribution in [0.25, 0.3) is 0 Å². The van der Waals surface area contributed by atoms with E-state index in [0.717, 1.165) is 12.0 Å². The minimum atomic E-state index is -1.12. The summed E-state index contributed by atoms with van der Waals surface area (Å²) in [7, 11) is 0. The number of amides is 5. The Morgan fingerprint density at radius 3 is 2.41 bits per heavy atom. The Morgan fingerprint density at radius 2 is 1.66 bits per heavy atom. The maximum atomic E-state index is 13.4. The number of nitrogens with one attached hydrogen (secondary N) is 5. The van der Waals surface area contributed by atoms with E-state index < -0.39 is 35.8 Å². The van der Waals surface area contributed by atoms with Gasteiger partial charge in [-0.3, -0.25) is 24.0 Å². The number of carbonyl (C=O) groups is 5. The Bertz CT molecular complexity index is 1270. The monoisotopic (exact) mass is 607 g/mol. The lowest BCUT2D eigenvalue weighted by atomic mass is 10.0. The van der Waals surface area contributed by atoms with Crippen molar-refractivity contribution in [3.05, 3.63) is 65.7 Å². The molecule has 44 heavy (non-hydrogen) atoms. The van der Waals surface area contributed by atoms with E-state index in [1.165, 1.54) is 0 Å². The summed E-state index contributed by atoms with van der Waals surface area (Å²) in [4.78, 5) is 64.9. The zero-order chi connectivity index (χ0) is 31.9. The van der Waals surface area contributed by atoms with Crippen molar-refractivity contribution < 1.29 is 28.7 Å². The molecule has 0 aliphatic carbocycles. The fourth-order valence-corrected chi connectivity index (χ4v) is 4.76. The molecule has 0 unspecified atom stereocenters. The zero-order valence-electron chi connectivity index (χ0n) is 25.8. The van der Waals surface area contributed by atoms with Crippen molar-refractivity contribution >= 4 is 29.5 Å². The number of benzene rings is 2. The van der Waals surface area contributed by atoms with E-state index in [1.807, 2.05) is 44.2 Å². The number of ether oxygens (including phenoxy) is 1. The smallest absolute Gasteiger partial charge is 0.255 e. The van der Waals surface area contributed by atoms with Gasteiger partial charge >= 0.3 is 0 Å². The molecule has 1 aliphatic rings. The molecule has 0 fully saturated rings. The van der Waals surface area contributed by atoms with E-state index in [4.69, 9.17) is 4.74 Å². The highest BCUT2D eigenvalue weighted by Gasteiger charge is 2.27.